The van der Waals surface area contributed by atoms with Gasteiger partial charge < -0.3 is 10.2 Å². The molecule has 0 bridgehead atoms. The van der Waals surface area contributed by atoms with Crippen molar-refractivity contribution in [3.63, 3.8) is 0 Å². The highest BCUT2D eigenvalue weighted by Crippen LogP contribution is 2.23. The molecule has 0 unspecified atom stereocenters. The van der Waals surface area contributed by atoms with Crippen molar-refractivity contribution in [3.05, 3.63) is 24.4 Å². The van der Waals surface area contributed by atoms with E-state index in [9.17, 15) is 0 Å². The first-order valence-electron chi connectivity index (χ1n) is 8.92. The second-order valence-electron chi connectivity index (χ2n) is 8.10. The van der Waals surface area contributed by atoms with E-state index >= 15 is 0 Å². The van der Waals surface area contributed by atoms with Crippen LogP contribution in [0.1, 0.15) is 46.5 Å². The molecule has 1 aliphatic rings. The smallest absolute Gasteiger partial charge is 0.0651 e. The molecule has 1 aromatic heterocycles. The summed E-state index contributed by atoms with van der Waals surface area (Å²) in [6.07, 6.45) is 6.99. The monoisotopic (exact) mass is 314 g/mol. The number of anilines is 1. The Morgan fingerprint density at radius 1 is 1.26 bits per heavy atom. The van der Waals surface area contributed by atoms with Crippen molar-refractivity contribution in [2.75, 3.05) is 25.0 Å². The van der Waals surface area contributed by atoms with E-state index in [0.717, 1.165) is 5.52 Å². The molecule has 3 rings (SSSR count). The number of piperidine rings is 1. The fourth-order valence-electron chi connectivity index (χ4n) is 3.40. The van der Waals surface area contributed by atoms with Crippen molar-refractivity contribution in [2.45, 2.75) is 52.5 Å². The summed E-state index contributed by atoms with van der Waals surface area (Å²) in [7, 11) is 0. The van der Waals surface area contributed by atoms with Gasteiger partial charge in [-0.1, -0.05) is 20.8 Å². The second-order valence-corrected chi connectivity index (χ2v) is 8.10. The highest BCUT2D eigenvalue weighted by Gasteiger charge is 2.19. The number of hydrogen-bond donors (Lipinski definition) is 2. The van der Waals surface area contributed by atoms with Gasteiger partial charge in [0, 0.05) is 30.2 Å². The lowest BCUT2D eigenvalue weighted by atomic mass is 9.90. The molecule has 0 atom stereocenters. The van der Waals surface area contributed by atoms with E-state index in [0.29, 0.717) is 11.5 Å². The summed E-state index contributed by atoms with van der Waals surface area (Å²) in [5, 5.41) is 12.0. The van der Waals surface area contributed by atoms with Gasteiger partial charge in [0.25, 0.3) is 0 Å². The summed E-state index contributed by atoms with van der Waals surface area (Å²) in [5.41, 5.74) is 2.78. The molecular weight excluding hydrogens is 284 g/mol. The molecule has 4 nitrogen and oxygen atoms in total. The number of likely N-dealkylation sites (tertiary alicyclic amines) is 1. The van der Waals surface area contributed by atoms with Gasteiger partial charge in [-0.25, -0.2) is 0 Å². The van der Waals surface area contributed by atoms with Crippen molar-refractivity contribution in [1.29, 1.82) is 0 Å². The van der Waals surface area contributed by atoms with Gasteiger partial charge in [0.2, 0.25) is 0 Å². The maximum absolute atomic E-state index is 4.09. The van der Waals surface area contributed by atoms with Gasteiger partial charge in [0.05, 0.1) is 11.7 Å². The van der Waals surface area contributed by atoms with Crippen molar-refractivity contribution < 1.29 is 0 Å². The number of fused-ring (bicyclic) bond motifs is 1. The Hall–Kier alpha value is -1.55. The first-order valence-corrected chi connectivity index (χ1v) is 8.92. The molecule has 0 saturated carbocycles. The van der Waals surface area contributed by atoms with Crippen LogP contribution in [0.4, 0.5) is 5.69 Å². The molecule has 2 aromatic rings. The number of H-pyrrole nitrogens is 1. The molecule has 1 aromatic carbocycles. The summed E-state index contributed by atoms with van der Waals surface area (Å²) in [5.74, 6) is 0. The van der Waals surface area contributed by atoms with E-state index < -0.39 is 0 Å². The normalized spacial score (nSPS) is 17.7. The number of rotatable bonds is 5. The Morgan fingerprint density at radius 2 is 2.04 bits per heavy atom. The van der Waals surface area contributed by atoms with E-state index in [1.165, 1.54) is 56.4 Å². The molecule has 0 spiro atoms. The fourth-order valence-corrected chi connectivity index (χ4v) is 3.40. The first-order chi connectivity index (χ1) is 11.0. The lowest BCUT2D eigenvalue weighted by Gasteiger charge is -2.33. The summed E-state index contributed by atoms with van der Waals surface area (Å²) in [6.45, 7) is 10.7. The van der Waals surface area contributed by atoms with Crippen LogP contribution in [0.2, 0.25) is 0 Å². The average Bonchev–Trinajstić information content (AvgIpc) is 2.95. The Kier molecular flexibility index (Phi) is 4.90. The Balaban J connectivity index is 1.43. The Morgan fingerprint density at radius 3 is 2.78 bits per heavy atom. The summed E-state index contributed by atoms with van der Waals surface area (Å²) < 4.78 is 0. The van der Waals surface area contributed by atoms with Crippen LogP contribution < -0.4 is 5.32 Å². The quantitative estimate of drug-likeness (QED) is 0.866. The molecule has 2 heterocycles. The average molecular weight is 314 g/mol. The lowest BCUT2D eigenvalue weighted by molar-refractivity contribution is 0.204. The van der Waals surface area contributed by atoms with Crippen LogP contribution in [0.5, 0.6) is 0 Å². The minimum Gasteiger partial charge on any atom is -0.382 e. The van der Waals surface area contributed by atoms with Crippen LogP contribution in [0, 0.1) is 5.41 Å². The van der Waals surface area contributed by atoms with E-state index in [1.807, 2.05) is 6.20 Å². The van der Waals surface area contributed by atoms with Crippen LogP contribution in [0.3, 0.4) is 0 Å². The molecule has 1 aliphatic heterocycles. The minimum atomic E-state index is 0.464. The first kappa shape index (κ1) is 16.3. The Bertz CT molecular complexity index is 618. The second kappa shape index (κ2) is 6.91. The molecule has 126 valence electrons. The molecule has 0 amide bonds. The fraction of sp³-hybridized carbons (Fsp3) is 0.632. The number of hydrogen-bond acceptors (Lipinski definition) is 3. The predicted molar refractivity (Wildman–Crippen MR) is 97.9 cm³/mol. The zero-order chi connectivity index (χ0) is 16.3. The van der Waals surface area contributed by atoms with Crippen molar-refractivity contribution >= 4 is 16.6 Å². The van der Waals surface area contributed by atoms with Gasteiger partial charge in [-0.15, -0.1) is 0 Å². The molecule has 23 heavy (non-hydrogen) atoms. The van der Waals surface area contributed by atoms with Gasteiger partial charge >= 0.3 is 0 Å². The van der Waals surface area contributed by atoms with E-state index in [2.05, 4.69) is 59.4 Å². The number of nitrogens with zero attached hydrogens (tertiary/aromatic N) is 2. The third kappa shape index (κ3) is 4.71. The third-order valence-electron chi connectivity index (χ3n) is 4.80. The summed E-state index contributed by atoms with van der Waals surface area (Å²) >= 11 is 0. The summed E-state index contributed by atoms with van der Waals surface area (Å²) in [6, 6.07) is 7.04. The highest BCUT2D eigenvalue weighted by atomic mass is 15.1. The van der Waals surface area contributed by atoms with Gasteiger partial charge in [-0.3, -0.25) is 5.10 Å². The van der Waals surface area contributed by atoms with Crippen LogP contribution in [0.15, 0.2) is 24.4 Å². The zero-order valence-corrected chi connectivity index (χ0v) is 14.7. The molecule has 0 radical (unpaired) electrons. The van der Waals surface area contributed by atoms with Gasteiger partial charge in [0.1, 0.15) is 0 Å². The standard InChI is InChI=1S/C19H30N4/c1-19(2,3)9-4-10-23-11-7-16(8-12-23)21-17-5-6-18-15(13-17)14-20-22-18/h5-6,13-14,16,21H,4,7-12H2,1-3H3,(H,20,22). The van der Waals surface area contributed by atoms with Gasteiger partial charge in [-0.2, -0.15) is 5.10 Å². The minimum absolute atomic E-state index is 0.464. The van der Waals surface area contributed by atoms with Crippen LogP contribution in [-0.2, 0) is 0 Å². The number of aromatic nitrogens is 2. The molecule has 0 aliphatic carbocycles. The van der Waals surface area contributed by atoms with E-state index in [4.69, 9.17) is 0 Å². The third-order valence-corrected chi connectivity index (χ3v) is 4.80. The van der Waals surface area contributed by atoms with Crippen molar-refractivity contribution in [3.8, 4) is 0 Å². The largest absolute Gasteiger partial charge is 0.382 e. The topological polar surface area (TPSA) is 44.0 Å². The van der Waals surface area contributed by atoms with Gasteiger partial charge in [0.15, 0.2) is 0 Å². The van der Waals surface area contributed by atoms with Crippen LogP contribution in [-0.4, -0.2) is 40.8 Å². The maximum Gasteiger partial charge on any atom is 0.0651 e. The van der Waals surface area contributed by atoms with Crippen LogP contribution >= 0.6 is 0 Å². The number of benzene rings is 1. The zero-order valence-electron chi connectivity index (χ0n) is 14.7. The molecule has 4 heteroatoms. The van der Waals surface area contributed by atoms with Crippen molar-refractivity contribution in [2.24, 2.45) is 5.41 Å². The maximum atomic E-state index is 4.09. The molecular formula is C19H30N4. The Labute approximate surface area is 139 Å². The lowest BCUT2D eigenvalue weighted by Crippen LogP contribution is -2.39. The summed E-state index contributed by atoms with van der Waals surface area (Å²) in [4.78, 5) is 2.63. The molecule has 1 fully saturated rings. The SMILES string of the molecule is CC(C)(C)CCCN1CCC(Nc2ccc3[nH]ncc3c2)CC1. The van der Waals surface area contributed by atoms with Crippen molar-refractivity contribution in [1.82, 2.24) is 15.1 Å². The predicted octanol–water partition coefficient (Wildman–Crippen LogP) is 4.27. The van der Waals surface area contributed by atoms with Crippen LogP contribution in [0.25, 0.3) is 10.9 Å². The number of aromatic amines is 1. The molecule has 2 N–H and O–H groups in total. The van der Waals surface area contributed by atoms with E-state index in [-0.39, 0.29) is 0 Å². The highest BCUT2D eigenvalue weighted by molar-refractivity contribution is 5.81. The molecule has 1 saturated heterocycles. The van der Waals surface area contributed by atoms with E-state index in [1.54, 1.807) is 0 Å². The number of nitrogens with one attached hydrogen (secondary N) is 2. The van der Waals surface area contributed by atoms with Gasteiger partial charge in [-0.05, 0) is 55.8 Å².